The van der Waals surface area contributed by atoms with Crippen LogP contribution in [0.15, 0.2) is 54.7 Å². The second kappa shape index (κ2) is 16.1. The van der Waals surface area contributed by atoms with Crippen LogP contribution in [0.2, 0.25) is 0 Å². The number of carbonyl (C=O) groups excluding carboxylic acids is 4. The van der Waals surface area contributed by atoms with Crippen molar-refractivity contribution < 1.29 is 24.1 Å². The highest BCUT2D eigenvalue weighted by Gasteiger charge is 2.39. The summed E-state index contributed by atoms with van der Waals surface area (Å²) in [4.78, 5) is 74.7. The van der Waals surface area contributed by atoms with Crippen LogP contribution in [0, 0.1) is 15.5 Å². The highest BCUT2D eigenvalue weighted by molar-refractivity contribution is 6.22. The van der Waals surface area contributed by atoms with Crippen molar-refractivity contribution in [3.8, 4) is 0 Å². The van der Waals surface area contributed by atoms with Crippen LogP contribution >= 0.6 is 0 Å². The van der Waals surface area contributed by atoms with Crippen LogP contribution in [-0.2, 0) is 9.59 Å². The molecule has 0 spiro atoms. The minimum Gasteiger partial charge on any atom is -0.398 e. The molecule has 54 heavy (non-hydrogen) atoms. The molecule has 2 fully saturated rings. The number of nitrogens with two attached hydrogens (primary N) is 1. The molecule has 0 saturated carbocycles. The Morgan fingerprint density at radius 3 is 2.39 bits per heavy atom. The molecule has 3 aliphatic rings. The van der Waals surface area contributed by atoms with Gasteiger partial charge in [0, 0.05) is 118 Å². The van der Waals surface area contributed by atoms with Gasteiger partial charge in [-0.25, -0.2) is 4.98 Å². The summed E-state index contributed by atoms with van der Waals surface area (Å²) in [6, 6.07) is 13.1. The SMILES string of the molecule is CC(CCC(=O)NC=O)N1C(=O)c2ccc(N3CCN(CCN4C(C)CN(c5cc(C(=N)c6cc([N+](=O)[O-])ccc6N)ccn5)CC4C)CC3)cc2C1=O. The number of nitro groups is 1. The van der Waals surface area contributed by atoms with Gasteiger partial charge >= 0.3 is 0 Å². The molecule has 2 aromatic carbocycles. The summed E-state index contributed by atoms with van der Waals surface area (Å²) in [5.74, 6) is -0.439. The normalized spacial score (nSPS) is 19.8. The highest BCUT2D eigenvalue weighted by Crippen LogP contribution is 2.31. The predicted molar refractivity (Wildman–Crippen MR) is 204 cm³/mol. The van der Waals surface area contributed by atoms with Crippen molar-refractivity contribution in [2.75, 3.05) is 67.9 Å². The third-order valence-corrected chi connectivity index (χ3v) is 10.7. The maximum Gasteiger partial charge on any atom is 0.270 e. The van der Waals surface area contributed by atoms with Crippen LogP contribution in [0.4, 0.5) is 22.9 Å². The average Bonchev–Trinajstić information content (AvgIpc) is 3.41. The van der Waals surface area contributed by atoms with Crippen LogP contribution in [0.5, 0.6) is 0 Å². The second-order valence-electron chi connectivity index (χ2n) is 14.3. The topological polar surface area (TPSA) is 202 Å². The molecule has 16 nitrogen and oxygen atoms in total. The number of benzene rings is 2. The number of hydrogen-bond acceptors (Lipinski definition) is 13. The van der Waals surface area contributed by atoms with Crippen LogP contribution in [0.25, 0.3) is 0 Å². The van der Waals surface area contributed by atoms with Crippen molar-refractivity contribution in [1.29, 1.82) is 5.41 Å². The van der Waals surface area contributed by atoms with E-state index in [2.05, 4.69) is 43.7 Å². The lowest BCUT2D eigenvalue weighted by molar-refractivity contribution is -0.384. The number of pyridine rings is 1. The van der Waals surface area contributed by atoms with Crippen LogP contribution in [-0.4, -0.2) is 125 Å². The molecule has 3 unspecified atom stereocenters. The lowest BCUT2D eigenvalue weighted by atomic mass is 10.0. The molecule has 2 saturated heterocycles. The van der Waals surface area contributed by atoms with Gasteiger partial charge in [-0.2, -0.15) is 0 Å². The third-order valence-electron chi connectivity index (χ3n) is 10.7. The first kappa shape index (κ1) is 38.0. The molecule has 3 aromatic rings. The number of aromatic nitrogens is 1. The summed E-state index contributed by atoms with van der Waals surface area (Å²) >= 11 is 0. The molecule has 6 rings (SSSR count). The van der Waals surface area contributed by atoms with Crippen molar-refractivity contribution in [2.24, 2.45) is 0 Å². The molecule has 0 radical (unpaired) electrons. The molecule has 0 bridgehead atoms. The number of anilines is 3. The fourth-order valence-electron chi connectivity index (χ4n) is 7.70. The number of piperazine rings is 2. The molecular weight excluding hydrogens is 692 g/mol. The quantitative estimate of drug-likeness (QED) is 0.0579. The lowest BCUT2D eigenvalue weighted by Crippen LogP contribution is -2.59. The Labute approximate surface area is 313 Å². The molecule has 3 atom stereocenters. The van der Waals surface area contributed by atoms with Crippen LogP contribution in [0.3, 0.4) is 0 Å². The largest absolute Gasteiger partial charge is 0.398 e. The number of non-ortho nitro benzene ring substituents is 1. The fourth-order valence-corrected chi connectivity index (χ4v) is 7.70. The highest BCUT2D eigenvalue weighted by atomic mass is 16.6. The van der Waals surface area contributed by atoms with Crippen molar-refractivity contribution >= 4 is 52.7 Å². The number of carbonyl (C=O) groups is 4. The van der Waals surface area contributed by atoms with Crippen molar-refractivity contribution in [3.63, 3.8) is 0 Å². The van der Waals surface area contributed by atoms with Crippen molar-refractivity contribution in [3.05, 3.63) is 87.1 Å². The first-order valence-corrected chi connectivity index (χ1v) is 18.2. The second-order valence-corrected chi connectivity index (χ2v) is 14.3. The fraction of sp³-hybridized carbons (Fsp3) is 0.421. The molecule has 1 aromatic heterocycles. The first-order chi connectivity index (χ1) is 25.9. The summed E-state index contributed by atoms with van der Waals surface area (Å²) in [6.07, 6.45) is 2.27. The Balaban J connectivity index is 1.00. The maximum atomic E-state index is 13.3. The van der Waals surface area contributed by atoms with E-state index >= 15 is 0 Å². The first-order valence-electron chi connectivity index (χ1n) is 18.2. The number of hydrogen-bond donors (Lipinski definition) is 3. The van der Waals surface area contributed by atoms with E-state index in [1.807, 2.05) is 12.1 Å². The van der Waals surface area contributed by atoms with Gasteiger partial charge in [-0.1, -0.05) is 0 Å². The number of amides is 4. The van der Waals surface area contributed by atoms with Gasteiger partial charge in [0.1, 0.15) is 5.82 Å². The van der Waals surface area contributed by atoms with Crippen molar-refractivity contribution in [2.45, 2.75) is 51.7 Å². The van der Waals surface area contributed by atoms with E-state index in [0.29, 0.717) is 34.4 Å². The number of nitrogen functional groups attached to an aromatic ring is 1. The zero-order valence-electron chi connectivity index (χ0n) is 30.7. The predicted octanol–water partition coefficient (Wildman–Crippen LogP) is 2.75. The zero-order valence-corrected chi connectivity index (χ0v) is 30.7. The molecule has 4 heterocycles. The molecule has 3 aliphatic heterocycles. The van der Waals surface area contributed by atoms with Gasteiger partial charge in [-0.15, -0.1) is 0 Å². The Hall–Kier alpha value is -5.74. The van der Waals surface area contributed by atoms with Gasteiger partial charge in [0.05, 0.1) is 21.8 Å². The van der Waals surface area contributed by atoms with Gasteiger partial charge in [0.25, 0.3) is 17.5 Å². The molecule has 4 amide bonds. The standard InChI is InChI=1S/C38H46N10O6/c1-24(4-9-35(50)42-23-49)47-37(51)30-7-5-28(19-31(30)38(47)52)44-15-12-43(13-16-44)14-17-46-25(2)21-45(22-26(46)3)34-18-27(10-11-41-34)36(40)32-20-29(48(53)54)6-8-33(32)39/h5-8,10-11,18-20,23-26,40H,4,9,12-17,21-22,39H2,1-3H3,(H,42,49,50). The van der Waals surface area contributed by atoms with E-state index in [1.54, 1.807) is 31.3 Å². The maximum absolute atomic E-state index is 13.3. The summed E-state index contributed by atoms with van der Waals surface area (Å²) < 4.78 is 0. The van der Waals surface area contributed by atoms with Gasteiger partial charge in [0.15, 0.2) is 0 Å². The molecule has 4 N–H and O–H groups in total. The number of nitrogens with zero attached hydrogens (tertiary/aromatic N) is 7. The number of imide groups is 2. The summed E-state index contributed by atoms with van der Waals surface area (Å²) in [5, 5.41) is 22.2. The number of nitrogens with one attached hydrogen (secondary N) is 2. The van der Waals surface area contributed by atoms with Gasteiger partial charge in [-0.05, 0) is 63.6 Å². The van der Waals surface area contributed by atoms with Gasteiger partial charge < -0.3 is 15.5 Å². The zero-order chi connectivity index (χ0) is 38.7. The van der Waals surface area contributed by atoms with Crippen molar-refractivity contribution in [1.82, 2.24) is 25.0 Å². The molecule has 0 aliphatic carbocycles. The van der Waals surface area contributed by atoms with Gasteiger partial charge in [-0.3, -0.25) is 54.7 Å². The monoisotopic (exact) mass is 738 g/mol. The van der Waals surface area contributed by atoms with E-state index in [0.717, 1.165) is 63.9 Å². The minimum absolute atomic E-state index is 0.0283. The van der Waals surface area contributed by atoms with E-state index in [-0.39, 0.29) is 48.1 Å². The van der Waals surface area contributed by atoms with E-state index in [4.69, 9.17) is 11.1 Å². The summed E-state index contributed by atoms with van der Waals surface area (Å²) in [6.45, 7) is 12.8. The smallest absolute Gasteiger partial charge is 0.270 e. The van der Waals surface area contributed by atoms with E-state index in [1.165, 1.54) is 23.1 Å². The summed E-state index contributed by atoms with van der Waals surface area (Å²) in [5.41, 5.74) is 8.91. The van der Waals surface area contributed by atoms with E-state index in [9.17, 15) is 29.3 Å². The third kappa shape index (κ3) is 7.94. The van der Waals surface area contributed by atoms with Crippen LogP contribution < -0.4 is 20.9 Å². The number of fused-ring (bicyclic) bond motifs is 1. The average molecular weight is 739 g/mol. The Morgan fingerprint density at radius 1 is 1.00 bits per heavy atom. The lowest BCUT2D eigenvalue weighted by Gasteiger charge is -2.46. The van der Waals surface area contributed by atoms with Gasteiger partial charge in [0.2, 0.25) is 12.3 Å². The number of nitro benzene ring substituents is 1. The number of rotatable bonds is 13. The molecule has 16 heteroatoms. The molecular formula is C38H46N10O6. The Kier molecular flexibility index (Phi) is 11.3. The van der Waals surface area contributed by atoms with E-state index < -0.39 is 16.9 Å². The Morgan fingerprint density at radius 2 is 1.70 bits per heavy atom. The van der Waals surface area contributed by atoms with Crippen LogP contribution in [0.1, 0.15) is 65.5 Å². The molecule has 284 valence electrons. The Bertz CT molecular complexity index is 1950. The minimum atomic E-state index is -0.496. The summed E-state index contributed by atoms with van der Waals surface area (Å²) in [7, 11) is 0.